The summed E-state index contributed by atoms with van der Waals surface area (Å²) in [6, 6.07) is 1.72. The van der Waals surface area contributed by atoms with Gasteiger partial charge in [0, 0.05) is 18.4 Å². The molecule has 1 amide bonds. The second-order valence-corrected chi connectivity index (χ2v) is 4.44. The van der Waals surface area contributed by atoms with Crippen LogP contribution in [0, 0.1) is 6.92 Å². The highest BCUT2D eigenvalue weighted by Crippen LogP contribution is 2.27. The summed E-state index contributed by atoms with van der Waals surface area (Å²) >= 11 is 5.42. The fourth-order valence-electron chi connectivity index (χ4n) is 2.16. The van der Waals surface area contributed by atoms with Crippen LogP contribution in [0.15, 0.2) is 12.3 Å². The van der Waals surface area contributed by atoms with Crippen LogP contribution in [0.25, 0.3) is 0 Å². The first kappa shape index (κ1) is 15.1. The summed E-state index contributed by atoms with van der Waals surface area (Å²) < 4.78 is 2.03. The molecule has 2 atom stereocenters. The number of nitrogens with one attached hydrogen (secondary N) is 1. The van der Waals surface area contributed by atoms with Crippen molar-refractivity contribution in [3.8, 4) is 0 Å². The van der Waals surface area contributed by atoms with Crippen molar-refractivity contribution >= 4 is 17.5 Å². The maximum absolute atomic E-state index is 11.2. The molecule has 1 aromatic heterocycles. The third kappa shape index (κ3) is 3.27. The smallest absolute Gasteiger partial charge is 0.235 e. The Morgan fingerprint density at radius 1 is 1.61 bits per heavy atom. The monoisotopic (exact) mass is 272 g/mol. The van der Waals surface area contributed by atoms with E-state index >= 15 is 0 Å². The minimum Gasteiger partial charge on any atom is -0.385 e. The number of aromatic nitrogens is 1. The maximum atomic E-state index is 11.2. The molecule has 2 heterocycles. The van der Waals surface area contributed by atoms with Crippen molar-refractivity contribution in [1.29, 1.82) is 0 Å². The van der Waals surface area contributed by atoms with E-state index in [1.54, 1.807) is 0 Å². The fraction of sp³-hybridized carbons (Fsp3) is 0.615. The number of aliphatic hydroxyl groups is 1. The first-order valence-corrected chi connectivity index (χ1v) is 6.85. The van der Waals surface area contributed by atoms with E-state index in [4.69, 9.17) is 11.6 Å². The van der Waals surface area contributed by atoms with Crippen LogP contribution in [-0.2, 0) is 11.3 Å². The van der Waals surface area contributed by atoms with Crippen LogP contribution in [0.2, 0.25) is 0 Å². The average Bonchev–Trinajstić information content (AvgIpc) is 2.77. The maximum Gasteiger partial charge on any atom is 0.235 e. The molecule has 102 valence electrons. The summed E-state index contributed by atoms with van der Waals surface area (Å²) in [6.07, 6.45) is 2.10. The van der Waals surface area contributed by atoms with Gasteiger partial charge in [0.05, 0.1) is 6.04 Å². The number of carbonyl (C=O) groups excluding carboxylic acids is 1. The van der Waals surface area contributed by atoms with Crippen LogP contribution in [-0.4, -0.2) is 27.5 Å². The minimum absolute atomic E-state index is 0.0662. The van der Waals surface area contributed by atoms with Crippen LogP contribution >= 0.6 is 11.6 Å². The van der Waals surface area contributed by atoms with Gasteiger partial charge in [-0.05, 0) is 25.0 Å². The second kappa shape index (κ2) is 6.81. The Labute approximate surface area is 113 Å². The van der Waals surface area contributed by atoms with Gasteiger partial charge in [-0.15, -0.1) is 11.6 Å². The topological polar surface area (TPSA) is 54.3 Å². The molecular weight excluding hydrogens is 252 g/mol. The lowest BCUT2D eigenvalue weighted by Gasteiger charge is -2.30. The summed E-state index contributed by atoms with van der Waals surface area (Å²) in [5.74, 6) is -0.300. The van der Waals surface area contributed by atoms with Crippen LogP contribution in [0.3, 0.4) is 0 Å². The number of aliphatic hydroxyl groups excluding tert-OH is 1. The zero-order chi connectivity index (χ0) is 13.7. The molecule has 0 saturated carbocycles. The van der Waals surface area contributed by atoms with E-state index in [1.807, 2.05) is 37.6 Å². The summed E-state index contributed by atoms with van der Waals surface area (Å²) in [5.41, 5.74) is 1.99. The molecule has 0 aliphatic carbocycles. The summed E-state index contributed by atoms with van der Waals surface area (Å²) in [6.45, 7) is 6.80. The predicted molar refractivity (Wildman–Crippen MR) is 72.7 cm³/mol. The number of aryl methyl sites for hydroxylation is 2. The normalized spacial score (nSPS) is 21.6. The lowest BCUT2D eigenvalue weighted by Crippen LogP contribution is -2.43. The van der Waals surface area contributed by atoms with Crippen molar-refractivity contribution in [2.24, 2.45) is 0 Å². The van der Waals surface area contributed by atoms with Crippen molar-refractivity contribution in [2.75, 3.05) is 5.88 Å². The number of fused-ring (bicyclic) bond motifs is 1. The van der Waals surface area contributed by atoms with E-state index in [0.29, 0.717) is 0 Å². The number of carbonyl (C=O) groups is 1. The van der Waals surface area contributed by atoms with Crippen molar-refractivity contribution in [2.45, 2.75) is 45.9 Å². The highest BCUT2D eigenvalue weighted by Gasteiger charge is 2.29. The molecule has 4 nitrogen and oxygen atoms in total. The SMILES string of the molecule is CC.Cc1cc2n(c1)CCC(NC(=O)CCl)C2O. The first-order chi connectivity index (χ1) is 8.61. The Morgan fingerprint density at radius 3 is 2.89 bits per heavy atom. The molecule has 0 aromatic carbocycles. The Kier molecular flexibility index (Phi) is 5.69. The van der Waals surface area contributed by atoms with Gasteiger partial charge in [-0.25, -0.2) is 0 Å². The van der Waals surface area contributed by atoms with Gasteiger partial charge < -0.3 is 15.0 Å². The molecule has 2 N–H and O–H groups in total. The van der Waals surface area contributed by atoms with E-state index in [-0.39, 0.29) is 17.8 Å². The number of hydrogen-bond acceptors (Lipinski definition) is 2. The number of hydrogen-bond donors (Lipinski definition) is 2. The van der Waals surface area contributed by atoms with Gasteiger partial charge in [-0.1, -0.05) is 13.8 Å². The van der Waals surface area contributed by atoms with Crippen LogP contribution < -0.4 is 5.32 Å². The molecule has 0 fully saturated rings. The number of nitrogens with zero attached hydrogens (tertiary/aromatic N) is 1. The highest BCUT2D eigenvalue weighted by atomic mass is 35.5. The number of alkyl halides is 1. The Bertz CT molecular complexity index is 404. The van der Waals surface area contributed by atoms with Gasteiger partial charge in [-0.2, -0.15) is 0 Å². The fourth-order valence-corrected chi connectivity index (χ4v) is 2.24. The standard InChI is InChI=1S/C11H15ClN2O2.C2H6/c1-7-4-9-11(16)8(13-10(15)5-12)2-3-14(9)6-7;1-2/h4,6,8,11,16H,2-3,5H2,1H3,(H,13,15);1-2H3. The predicted octanol–water partition coefficient (Wildman–Crippen LogP) is 1.98. The molecule has 18 heavy (non-hydrogen) atoms. The van der Waals surface area contributed by atoms with Crippen LogP contribution in [0.4, 0.5) is 0 Å². The average molecular weight is 273 g/mol. The molecule has 1 aliphatic heterocycles. The van der Waals surface area contributed by atoms with Crippen molar-refractivity contribution in [1.82, 2.24) is 9.88 Å². The van der Waals surface area contributed by atoms with Gasteiger partial charge in [0.25, 0.3) is 0 Å². The van der Waals surface area contributed by atoms with E-state index in [1.165, 1.54) is 0 Å². The number of rotatable bonds is 2. The lowest BCUT2D eigenvalue weighted by atomic mass is 10.0. The molecular formula is C13H21ClN2O2. The second-order valence-electron chi connectivity index (χ2n) is 4.18. The Balaban J connectivity index is 0.000000771. The molecule has 1 aliphatic rings. The zero-order valence-corrected chi connectivity index (χ0v) is 11.9. The molecule has 0 radical (unpaired) electrons. The van der Waals surface area contributed by atoms with Crippen molar-refractivity contribution in [3.05, 3.63) is 23.5 Å². The Morgan fingerprint density at radius 2 is 2.28 bits per heavy atom. The third-order valence-electron chi connectivity index (χ3n) is 2.90. The highest BCUT2D eigenvalue weighted by molar-refractivity contribution is 6.27. The molecule has 2 unspecified atom stereocenters. The summed E-state index contributed by atoms with van der Waals surface area (Å²) in [7, 11) is 0. The van der Waals surface area contributed by atoms with E-state index in [9.17, 15) is 9.90 Å². The molecule has 0 saturated heterocycles. The number of halogens is 1. The molecule has 0 spiro atoms. The van der Waals surface area contributed by atoms with Gasteiger partial charge >= 0.3 is 0 Å². The third-order valence-corrected chi connectivity index (χ3v) is 3.14. The largest absolute Gasteiger partial charge is 0.385 e. The number of amides is 1. The van der Waals surface area contributed by atoms with Gasteiger partial charge in [0.15, 0.2) is 0 Å². The minimum atomic E-state index is -0.644. The van der Waals surface area contributed by atoms with Crippen LogP contribution in [0.1, 0.15) is 37.6 Å². The molecule has 2 rings (SSSR count). The van der Waals surface area contributed by atoms with Gasteiger partial charge in [-0.3, -0.25) is 4.79 Å². The van der Waals surface area contributed by atoms with Crippen LogP contribution in [0.5, 0.6) is 0 Å². The van der Waals surface area contributed by atoms with Crippen molar-refractivity contribution < 1.29 is 9.90 Å². The zero-order valence-electron chi connectivity index (χ0n) is 11.1. The van der Waals surface area contributed by atoms with E-state index < -0.39 is 6.10 Å². The summed E-state index contributed by atoms with van der Waals surface area (Å²) in [4.78, 5) is 11.2. The molecule has 5 heteroatoms. The summed E-state index contributed by atoms with van der Waals surface area (Å²) in [5, 5.41) is 12.8. The lowest BCUT2D eigenvalue weighted by molar-refractivity contribution is -0.120. The van der Waals surface area contributed by atoms with Crippen molar-refractivity contribution in [3.63, 3.8) is 0 Å². The Hall–Kier alpha value is -1.00. The quantitative estimate of drug-likeness (QED) is 0.809. The molecule has 1 aromatic rings. The van der Waals surface area contributed by atoms with Gasteiger partial charge in [0.2, 0.25) is 5.91 Å². The van der Waals surface area contributed by atoms with Gasteiger partial charge in [0.1, 0.15) is 12.0 Å². The molecule has 0 bridgehead atoms. The first-order valence-electron chi connectivity index (χ1n) is 6.32. The van der Waals surface area contributed by atoms with E-state index in [2.05, 4.69) is 5.32 Å². The van der Waals surface area contributed by atoms with E-state index in [0.717, 1.165) is 24.2 Å².